The molecule has 1 aliphatic carbocycles. The van der Waals surface area contributed by atoms with Gasteiger partial charge in [-0.3, -0.25) is 13.6 Å². The molecule has 2 rings (SSSR count). The third-order valence-corrected chi connectivity index (χ3v) is 8.94. The Kier molecular flexibility index (Phi) is 10.2. The minimum Gasteiger partial charge on any atom is -0.309 e. The van der Waals surface area contributed by atoms with Gasteiger partial charge in [0.25, 0.3) is 0 Å². The summed E-state index contributed by atoms with van der Waals surface area (Å²) in [5.41, 5.74) is 1.74. The van der Waals surface area contributed by atoms with Gasteiger partial charge in [0, 0.05) is 12.6 Å². The van der Waals surface area contributed by atoms with Crippen molar-refractivity contribution in [1.82, 2.24) is 5.32 Å². The summed E-state index contributed by atoms with van der Waals surface area (Å²) in [5.74, 6) is 0. The van der Waals surface area contributed by atoms with Crippen molar-refractivity contribution in [2.24, 2.45) is 0 Å². The number of hydrogen-bond acceptors (Lipinski definition) is 7. The van der Waals surface area contributed by atoms with Crippen molar-refractivity contribution in [2.45, 2.75) is 64.8 Å². The number of phosphoric ester groups is 1. The van der Waals surface area contributed by atoms with E-state index in [2.05, 4.69) is 17.4 Å². The smallest absolute Gasteiger partial charge is 0.309 e. The minimum absolute atomic E-state index is 0.0247. The van der Waals surface area contributed by atoms with E-state index in [0.29, 0.717) is 0 Å². The lowest BCUT2D eigenvalue weighted by Gasteiger charge is -2.33. The van der Waals surface area contributed by atoms with Crippen molar-refractivity contribution in [1.29, 1.82) is 0 Å². The zero-order valence-corrected chi connectivity index (χ0v) is 20.1. The Bertz CT molecular complexity index is 750. The summed E-state index contributed by atoms with van der Waals surface area (Å²) in [6.45, 7) is 7.30. The fourth-order valence-corrected chi connectivity index (χ4v) is 6.96. The molecule has 1 aromatic carbocycles. The van der Waals surface area contributed by atoms with Crippen LogP contribution in [0.15, 0.2) is 24.3 Å². The molecule has 0 amide bonds. The second-order valence-electron chi connectivity index (χ2n) is 7.19. The summed E-state index contributed by atoms with van der Waals surface area (Å²) < 4.78 is 46.9. The van der Waals surface area contributed by atoms with E-state index in [1.807, 2.05) is 12.1 Å². The molecule has 1 aliphatic rings. The van der Waals surface area contributed by atoms with Crippen LogP contribution in [0.1, 0.15) is 57.7 Å². The number of rotatable bonds is 13. The largest absolute Gasteiger partial charge is 0.472 e. The fourth-order valence-electron chi connectivity index (χ4n) is 3.83. The Balaban J connectivity index is 2.23. The molecule has 172 valence electrons. The van der Waals surface area contributed by atoms with E-state index in [-0.39, 0.29) is 32.4 Å². The number of nitrogens with one attached hydrogen (secondary N) is 1. The normalized spacial score (nSPS) is 20.9. The van der Waals surface area contributed by atoms with Gasteiger partial charge >= 0.3 is 15.4 Å². The molecule has 0 radical (unpaired) electrons. The van der Waals surface area contributed by atoms with Gasteiger partial charge < -0.3 is 19.3 Å². The fraction of sp³-hybridized carbons (Fsp3) is 0.700. The molecule has 0 bridgehead atoms. The van der Waals surface area contributed by atoms with Gasteiger partial charge in [0.2, 0.25) is 0 Å². The Morgan fingerprint density at radius 2 is 1.73 bits per heavy atom. The number of fused-ring (bicyclic) bond motifs is 1. The summed E-state index contributed by atoms with van der Waals surface area (Å²) in [6, 6.07) is 8.36. The average Bonchev–Trinajstić information content (AvgIpc) is 2.68. The highest BCUT2D eigenvalue weighted by Crippen LogP contribution is 2.57. The number of aryl methyl sites for hydroxylation is 1. The maximum absolute atomic E-state index is 13.5. The van der Waals surface area contributed by atoms with E-state index in [4.69, 9.17) is 18.1 Å². The van der Waals surface area contributed by atoms with Crippen LogP contribution in [0, 0.1) is 0 Å². The van der Waals surface area contributed by atoms with Crippen LogP contribution in [0.25, 0.3) is 0 Å². The molecular weight excluding hydrogens is 428 g/mol. The molecule has 4 unspecified atom stereocenters. The Morgan fingerprint density at radius 3 is 2.37 bits per heavy atom. The molecule has 0 saturated carbocycles. The van der Waals surface area contributed by atoms with Crippen LogP contribution in [0.5, 0.6) is 0 Å². The van der Waals surface area contributed by atoms with Crippen molar-refractivity contribution < 1.29 is 32.1 Å². The average molecular weight is 463 g/mol. The van der Waals surface area contributed by atoms with E-state index in [9.17, 15) is 14.0 Å². The molecule has 0 heterocycles. The molecule has 30 heavy (non-hydrogen) atoms. The number of benzene rings is 1. The predicted molar refractivity (Wildman–Crippen MR) is 117 cm³/mol. The third-order valence-electron chi connectivity index (χ3n) is 5.10. The highest BCUT2D eigenvalue weighted by Gasteiger charge is 2.43. The Labute approximate surface area is 179 Å². The number of phosphoric acid groups is 1. The lowest BCUT2D eigenvalue weighted by molar-refractivity contribution is 0.103. The van der Waals surface area contributed by atoms with Crippen LogP contribution >= 0.6 is 15.4 Å². The maximum atomic E-state index is 13.5. The molecular formula is C20H35NO7P2. The van der Waals surface area contributed by atoms with Crippen molar-refractivity contribution in [3.8, 4) is 0 Å². The van der Waals surface area contributed by atoms with Crippen LogP contribution in [0.3, 0.4) is 0 Å². The molecule has 4 atom stereocenters. The van der Waals surface area contributed by atoms with E-state index in [1.54, 1.807) is 27.7 Å². The van der Waals surface area contributed by atoms with E-state index < -0.39 is 27.2 Å². The summed E-state index contributed by atoms with van der Waals surface area (Å²) in [7, 11) is -7.90. The predicted octanol–water partition coefficient (Wildman–Crippen LogP) is 4.83. The van der Waals surface area contributed by atoms with Gasteiger partial charge in [-0.25, -0.2) is 4.57 Å². The molecule has 0 saturated heterocycles. The zero-order valence-electron chi connectivity index (χ0n) is 18.3. The van der Waals surface area contributed by atoms with Gasteiger partial charge in [0.05, 0.1) is 25.9 Å². The third kappa shape index (κ3) is 6.98. The van der Waals surface area contributed by atoms with Crippen LogP contribution < -0.4 is 5.32 Å². The first kappa shape index (κ1) is 25.7. The number of hydrogen-bond donors (Lipinski definition) is 2. The molecule has 10 heteroatoms. The van der Waals surface area contributed by atoms with Crippen LogP contribution in [0.2, 0.25) is 0 Å². The molecule has 0 fully saturated rings. The second kappa shape index (κ2) is 11.9. The molecule has 1 aromatic rings. The summed E-state index contributed by atoms with van der Waals surface area (Å²) in [6.07, 6.45) is 2.14. The first-order valence-corrected chi connectivity index (χ1v) is 13.7. The first-order chi connectivity index (χ1) is 14.3. The SMILES string of the molecule is CCOP(=O)(O)OC(C)C(CNC1CCCc2ccccc21)P(=O)(OCC)OCC. The van der Waals surface area contributed by atoms with Gasteiger partial charge in [0.15, 0.2) is 0 Å². The minimum atomic E-state index is -4.28. The van der Waals surface area contributed by atoms with Crippen molar-refractivity contribution in [3.05, 3.63) is 35.4 Å². The molecule has 0 spiro atoms. The lowest BCUT2D eigenvalue weighted by atomic mass is 9.88. The highest BCUT2D eigenvalue weighted by atomic mass is 31.2. The summed E-state index contributed by atoms with van der Waals surface area (Å²) >= 11 is 0. The van der Waals surface area contributed by atoms with Gasteiger partial charge in [-0.05, 0) is 58.1 Å². The highest BCUT2D eigenvalue weighted by molar-refractivity contribution is 7.54. The molecule has 0 aromatic heterocycles. The van der Waals surface area contributed by atoms with Gasteiger partial charge in [0.1, 0.15) is 5.66 Å². The monoisotopic (exact) mass is 463 g/mol. The zero-order chi connectivity index (χ0) is 22.2. The standard InChI is InChI=1S/C20H35NO7P2/c1-5-25-29(22,26-6-2)20(16(4)28-30(23,24)27-7-3)15-21-19-14-10-12-17-11-8-9-13-18(17)19/h8-9,11,13,16,19-21H,5-7,10,12,14-15H2,1-4H3,(H,23,24). The molecule has 0 aliphatic heterocycles. The lowest BCUT2D eigenvalue weighted by Crippen LogP contribution is -2.39. The Hall–Kier alpha value is -0.560. The van der Waals surface area contributed by atoms with Crippen LogP contribution in [-0.4, -0.2) is 43.0 Å². The maximum Gasteiger partial charge on any atom is 0.472 e. The summed E-state index contributed by atoms with van der Waals surface area (Å²) in [4.78, 5) is 9.93. The molecule has 8 nitrogen and oxygen atoms in total. The van der Waals surface area contributed by atoms with Gasteiger partial charge in [-0.1, -0.05) is 24.3 Å². The van der Waals surface area contributed by atoms with E-state index >= 15 is 0 Å². The molecule has 2 N–H and O–H groups in total. The van der Waals surface area contributed by atoms with E-state index in [1.165, 1.54) is 11.1 Å². The van der Waals surface area contributed by atoms with Gasteiger partial charge in [-0.15, -0.1) is 0 Å². The first-order valence-electron chi connectivity index (χ1n) is 10.6. The van der Waals surface area contributed by atoms with Crippen molar-refractivity contribution in [2.75, 3.05) is 26.4 Å². The van der Waals surface area contributed by atoms with Crippen molar-refractivity contribution >= 4 is 15.4 Å². The van der Waals surface area contributed by atoms with E-state index in [0.717, 1.165) is 19.3 Å². The van der Waals surface area contributed by atoms with Crippen molar-refractivity contribution in [3.63, 3.8) is 0 Å². The summed E-state index contributed by atoms with van der Waals surface area (Å²) in [5, 5.41) is 3.47. The second-order valence-corrected chi connectivity index (χ2v) is 10.9. The van der Waals surface area contributed by atoms with Gasteiger partial charge in [-0.2, -0.15) is 0 Å². The topological polar surface area (TPSA) is 103 Å². The van der Waals surface area contributed by atoms with Crippen LogP contribution in [-0.2, 0) is 33.6 Å². The quantitative estimate of drug-likeness (QED) is 0.401. The van der Waals surface area contributed by atoms with Crippen LogP contribution in [0.4, 0.5) is 0 Å². The Morgan fingerprint density at radius 1 is 1.10 bits per heavy atom.